The summed E-state index contributed by atoms with van der Waals surface area (Å²) in [5.74, 6) is -1.39. The number of hydrogen-bond acceptors (Lipinski definition) is 5. The fourth-order valence-electron chi connectivity index (χ4n) is 3.21. The molecule has 0 saturated heterocycles. The molecule has 27 heavy (non-hydrogen) atoms. The minimum absolute atomic E-state index is 0.0307. The van der Waals surface area contributed by atoms with Gasteiger partial charge in [0.25, 0.3) is 5.91 Å². The zero-order chi connectivity index (χ0) is 19.9. The van der Waals surface area contributed by atoms with Crippen molar-refractivity contribution in [3.8, 4) is 0 Å². The van der Waals surface area contributed by atoms with Gasteiger partial charge in [-0.25, -0.2) is 13.1 Å². The lowest BCUT2D eigenvalue weighted by atomic mass is 9.74. The minimum Gasteiger partial charge on any atom is -0.481 e. The van der Waals surface area contributed by atoms with Crippen LogP contribution in [0.2, 0.25) is 0 Å². The Labute approximate surface area is 159 Å². The second-order valence-corrected chi connectivity index (χ2v) is 8.51. The number of carbonyl (C=O) groups excluding carboxylic acids is 1. The molecule has 0 aliphatic heterocycles. The van der Waals surface area contributed by atoms with Crippen molar-refractivity contribution in [3.05, 3.63) is 29.8 Å². The number of carbonyl (C=O) groups is 2. The van der Waals surface area contributed by atoms with Gasteiger partial charge in [-0.05, 0) is 31.0 Å². The highest BCUT2D eigenvalue weighted by molar-refractivity contribution is 7.89. The number of nitrogens with one attached hydrogen (secondary N) is 2. The summed E-state index contributed by atoms with van der Waals surface area (Å²) in [7, 11) is -2.29. The summed E-state index contributed by atoms with van der Waals surface area (Å²) in [6.45, 7) is 0.386. The van der Waals surface area contributed by atoms with Gasteiger partial charge in [-0.15, -0.1) is 0 Å². The van der Waals surface area contributed by atoms with Gasteiger partial charge >= 0.3 is 5.97 Å². The average Bonchev–Trinajstić information content (AvgIpc) is 2.67. The number of methoxy groups -OCH3 is 1. The normalized spacial score (nSPS) is 16.6. The molecule has 1 aromatic rings. The van der Waals surface area contributed by atoms with Crippen molar-refractivity contribution in [1.29, 1.82) is 0 Å². The van der Waals surface area contributed by atoms with E-state index < -0.39 is 27.3 Å². The van der Waals surface area contributed by atoms with Gasteiger partial charge in [0.05, 0.1) is 16.9 Å². The van der Waals surface area contributed by atoms with E-state index >= 15 is 0 Å². The van der Waals surface area contributed by atoms with Gasteiger partial charge in [0.15, 0.2) is 0 Å². The third-order valence-corrected chi connectivity index (χ3v) is 6.32. The number of ether oxygens (including phenoxy) is 1. The summed E-state index contributed by atoms with van der Waals surface area (Å²) in [4.78, 5) is 24.1. The van der Waals surface area contributed by atoms with E-state index in [1.165, 1.54) is 31.4 Å². The van der Waals surface area contributed by atoms with E-state index in [4.69, 9.17) is 4.74 Å². The molecule has 3 N–H and O–H groups in total. The van der Waals surface area contributed by atoms with E-state index in [1.54, 1.807) is 0 Å². The third-order valence-electron chi connectivity index (χ3n) is 4.86. The fourth-order valence-corrected chi connectivity index (χ4v) is 4.27. The van der Waals surface area contributed by atoms with Gasteiger partial charge in [-0.3, -0.25) is 9.59 Å². The average molecular weight is 398 g/mol. The Morgan fingerprint density at radius 1 is 1.22 bits per heavy atom. The molecular weight excluding hydrogens is 372 g/mol. The van der Waals surface area contributed by atoms with Gasteiger partial charge in [0, 0.05) is 25.8 Å². The maximum Gasteiger partial charge on any atom is 0.311 e. The highest BCUT2D eigenvalue weighted by Gasteiger charge is 2.39. The smallest absolute Gasteiger partial charge is 0.311 e. The van der Waals surface area contributed by atoms with E-state index in [9.17, 15) is 23.1 Å². The number of hydrogen-bond donors (Lipinski definition) is 3. The monoisotopic (exact) mass is 398 g/mol. The SMILES string of the molecule is COCCNS(=O)(=O)c1cccc(C(=O)NCC2(C(=O)O)CCCCC2)c1. The largest absolute Gasteiger partial charge is 0.481 e. The minimum atomic E-state index is -3.75. The Kier molecular flexibility index (Phi) is 7.34. The lowest BCUT2D eigenvalue weighted by Gasteiger charge is -2.33. The van der Waals surface area contributed by atoms with Crippen LogP contribution in [0.1, 0.15) is 42.5 Å². The molecule has 1 aliphatic carbocycles. The van der Waals surface area contributed by atoms with Crippen molar-refractivity contribution in [2.45, 2.75) is 37.0 Å². The summed E-state index contributed by atoms with van der Waals surface area (Å²) in [6, 6.07) is 5.65. The predicted octanol–water partition coefficient (Wildman–Crippen LogP) is 1.38. The van der Waals surface area contributed by atoms with Crippen LogP contribution in [0.25, 0.3) is 0 Å². The van der Waals surface area contributed by atoms with Crippen LogP contribution in [-0.4, -0.2) is 52.2 Å². The van der Waals surface area contributed by atoms with Crippen LogP contribution in [0.5, 0.6) is 0 Å². The van der Waals surface area contributed by atoms with E-state index in [0.717, 1.165) is 19.3 Å². The molecule has 0 unspecified atom stereocenters. The zero-order valence-corrected chi connectivity index (χ0v) is 16.2. The highest BCUT2D eigenvalue weighted by atomic mass is 32.2. The number of rotatable bonds is 9. The molecule has 8 nitrogen and oxygen atoms in total. The lowest BCUT2D eigenvalue weighted by molar-refractivity contribution is -0.150. The quantitative estimate of drug-likeness (QED) is 0.540. The second kappa shape index (κ2) is 9.29. The molecule has 0 spiro atoms. The summed E-state index contributed by atoms with van der Waals surface area (Å²) in [5, 5.41) is 12.2. The highest BCUT2D eigenvalue weighted by Crippen LogP contribution is 2.36. The van der Waals surface area contributed by atoms with Gasteiger partial charge in [-0.2, -0.15) is 0 Å². The van der Waals surface area contributed by atoms with Crippen molar-refractivity contribution >= 4 is 21.9 Å². The van der Waals surface area contributed by atoms with Crippen LogP contribution in [0.4, 0.5) is 0 Å². The number of sulfonamides is 1. The first-order valence-corrected chi connectivity index (χ1v) is 10.4. The van der Waals surface area contributed by atoms with Crippen molar-refractivity contribution in [2.24, 2.45) is 5.41 Å². The zero-order valence-electron chi connectivity index (χ0n) is 15.4. The van der Waals surface area contributed by atoms with Gasteiger partial charge in [0.2, 0.25) is 10.0 Å². The molecule has 0 aromatic heterocycles. The van der Waals surface area contributed by atoms with Crippen molar-refractivity contribution in [2.75, 3.05) is 26.8 Å². The maximum absolute atomic E-state index is 12.5. The van der Waals surface area contributed by atoms with Gasteiger partial charge in [-0.1, -0.05) is 25.3 Å². The molecule has 2 rings (SSSR count). The Balaban J connectivity index is 2.07. The molecule has 1 aliphatic rings. The second-order valence-electron chi connectivity index (χ2n) is 6.75. The molecule has 0 heterocycles. The number of amides is 1. The van der Waals surface area contributed by atoms with E-state index in [2.05, 4.69) is 10.0 Å². The number of carboxylic acid groups (broad SMARTS) is 1. The molecule has 0 radical (unpaired) electrons. The van der Waals surface area contributed by atoms with Crippen LogP contribution in [0.3, 0.4) is 0 Å². The standard InChI is InChI=1S/C18H26N2O6S/c1-26-11-10-20-27(24,25)15-7-5-6-14(12-15)16(21)19-13-18(17(22)23)8-3-2-4-9-18/h5-7,12,20H,2-4,8-11,13H2,1H3,(H,19,21)(H,22,23). The first-order chi connectivity index (χ1) is 12.8. The van der Waals surface area contributed by atoms with Crippen LogP contribution >= 0.6 is 0 Å². The lowest BCUT2D eigenvalue weighted by Crippen LogP contribution is -2.44. The molecule has 9 heteroatoms. The van der Waals surface area contributed by atoms with Crippen molar-refractivity contribution < 1.29 is 27.9 Å². The summed E-state index contributed by atoms with van der Waals surface area (Å²) >= 11 is 0. The summed E-state index contributed by atoms with van der Waals surface area (Å²) in [5.41, 5.74) is -0.778. The van der Waals surface area contributed by atoms with E-state index in [-0.39, 0.29) is 30.2 Å². The van der Waals surface area contributed by atoms with Gasteiger partial charge in [0.1, 0.15) is 0 Å². The Hall–Kier alpha value is -1.97. The molecule has 1 saturated carbocycles. The fraction of sp³-hybridized carbons (Fsp3) is 0.556. The number of aliphatic carboxylic acids is 1. The molecular formula is C18H26N2O6S. The van der Waals surface area contributed by atoms with Crippen LogP contribution in [-0.2, 0) is 19.6 Å². The molecule has 1 fully saturated rings. The summed E-state index contributed by atoms with van der Waals surface area (Å²) in [6.07, 6.45) is 3.70. The number of benzene rings is 1. The predicted molar refractivity (Wildman–Crippen MR) is 99.0 cm³/mol. The van der Waals surface area contributed by atoms with Gasteiger partial charge < -0.3 is 15.2 Å². The van der Waals surface area contributed by atoms with E-state index in [1.807, 2.05) is 0 Å². The summed E-state index contributed by atoms with van der Waals surface area (Å²) < 4.78 is 31.7. The van der Waals surface area contributed by atoms with Crippen LogP contribution in [0, 0.1) is 5.41 Å². The van der Waals surface area contributed by atoms with E-state index in [0.29, 0.717) is 12.8 Å². The maximum atomic E-state index is 12.5. The van der Waals surface area contributed by atoms with Crippen LogP contribution in [0.15, 0.2) is 29.2 Å². The molecule has 0 bridgehead atoms. The van der Waals surface area contributed by atoms with Crippen molar-refractivity contribution in [1.82, 2.24) is 10.0 Å². The Morgan fingerprint density at radius 3 is 2.56 bits per heavy atom. The third kappa shape index (κ3) is 5.50. The topological polar surface area (TPSA) is 122 Å². The molecule has 1 amide bonds. The first kappa shape index (κ1) is 21.3. The Bertz CT molecular complexity index is 772. The molecule has 0 atom stereocenters. The first-order valence-electron chi connectivity index (χ1n) is 8.91. The molecule has 150 valence electrons. The Morgan fingerprint density at radius 2 is 1.93 bits per heavy atom. The molecule has 1 aromatic carbocycles. The van der Waals surface area contributed by atoms with Crippen molar-refractivity contribution in [3.63, 3.8) is 0 Å². The van der Waals surface area contributed by atoms with Crippen LogP contribution < -0.4 is 10.0 Å². The number of carboxylic acids is 1.